The maximum Gasteiger partial charge on any atom is 0.0867 e. The minimum atomic E-state index is 0.264. The molecule has 0 unspecified atom stereocenters. The minimum absolute atomic E-state index is 0.264. The number of para-hydroxylation sites is 2. The number of rotatable bonds is 4. The standard InChI is InChI=1S/C24H19N3.C20H18N2/c1-2-27-22-10-6-5-8-17(22)20-13-15(11-12-23(20)27)19-14-21(25)24(26)18-9-4-3-7-16(18)19;1-2-22-19-6-4-3-5-17(19)18-13-15(9-12-20(18)22)14-7-10-16(21)11-8-14/h3-14,25-26H,2H2,1H3;3-13H,2,21H2,1H3. The number of nitrogen functional groups attached to an aromatic ring is 1. The molecule has 0 amide bonds. The van der Waals surface area contributed by atoms with E-state index in [1.165, 1.54) is 54.7 Å². The summed E-state index contributed by atoms with van der Waals surface area (Å²) in [5.74, 6) is 0. The molecular formula is C44H37N5. The van der Waals surface area contributed by atoms with Crippen LogP contribution >= 0.6 is 0 Å². The molecule has 5 heteroatoms. The SMILES string of the molecule is CCn1c2ccccc2c2cc(-c3ccc(N)cc3)ccc21.CCn1c2ccccc2c2cc(C3=CC(=N)C(=N)c4ccccc43)ccc21. The van der Waals surface area contributed by atoms with E-state index in [9.17, 15) is 0 Å². The van der Waals surface area contributed by atoms with Gasteiger partial charge in [-0.25, -0.2) is 0 Å². The monoisotopic (exact) mass is 635 g/mol. The first-order valence-electron chi connectivity index (χ1n) is 16.8. The van der Waals surface area contributed by atoms with Gasteiger partial charge in [-0.1, -0.05) is 84.9 Å². The van der Waals surface area contributed by atoms with Crippen molar-refractivity contribution >= 4 is 66.3 Å². The average Bonchev–Trinajstić information content (AvgIpc) is 3.65. The fourth-order valence-electron chi connectivity index (χ4n) is 7.43. The number of nitrogens with two attached hydrogens (primary N) is 1. The van der Waals surface area contributed by atoms with Crippen molar-refractivity contribution in [2.24, 2.45) is 0 Å². The Hall–Kier alpha value is -6.20. The number of anilines is 1. The maximum absolute atomic E-state index is 8.23. The van der Waals surface area contributed by atoms with Crippen molar-refractivity contribution in [1.29, 1.82) is 10.8 Å². The molecule has 238 valence electrons. The largest absolute Gasteiger partial charge is 0.399 e. The van der Waals surface area contributed by atoms with Gasteiger partial charge in [0.25, 0.3) is 0 Å². The molecule has 1 aliphatic carbocycles. The molecule has 2 heterocycles. The van der Waals surface area contributed by atoms with Crippen LogP contribution in [0.15, 0.2) is 140 Å². The number of aromatic nitrogens is 2. The predicted octanol–water partition coefficient (Wildman–Crippen LogP) is 10.7. The van der Waals surface area contributed by atoms with E-state index in [1.54, 1.807) is 0 Å². The van der Waals surface area contributed by atoms with E-state index in [-0.39, 0.29) is 11.4 Å². The lowest BCUT2D eigenvalue weighted by Crippen LogP contribution is -2.18. The minimum Gasteiger partial charge on any atom is -0.399 e. The van der Waals surface area contributed by atoms with E-state index in [1.807, 2.05) is 42.5 Å². The zero-order valence-corrected chi connectivity index (χ0v) is 27.7. The fraction of sp³-hybridized carbons (Fsp3) is 0.0909. The molecule has 0 bridgehead atoms. The molecule has 0 fully saturated rings. The lowest BCUT2D eigenvalue weighted by Gasteiger charge is -2.19. The van der Waals surface area contributed by atoms with Gasteiger partial charge < -0.3 is 14.9 Å². The lowest BCUT2D eigenvalue weighted by molar-refractivity contribution is 0.827. The zero-order chi connectivity index (χ0) is 33.6. The summed E-state index contributed by atoms with van der Waals surface area (Å²) in [7, 11) is 0. The van der Waals surface area contributed by atoms with Gasteiger partial charge in [-0.05, 0) is 96.3 Å². The van der Waals surface area contributed by atoms with E-state index in [0.29, 0.717) is 0 Å². The van der Waals surface area contributed by atoms with Crippen molar-refractivity contribution in [3.05, 3.63) is 156 Å². The second-order valence-corrected chi connectivity index (χ2v) is 12.5. The molecule has 0 saturated heterocycles. The molecule has 4 N–H and O–H groups in total. The summed E-state index contributed by atoms with van der Waals surface area (Å²) < 4.78 is 4.72. The zero-order valence-electron chi connectivity index (χ0n) is 27.7. The number of hydrogen-bond donors (Lipinski definition) is 3. The number of benzene rings is 6. The van der Waals surface area contributed by atoms with E-state index >= 15 is 0 Å². The van der Waals surface area contributed by atoms with Crippen molar-refractivity contribution in [1.82, 2.24) is 9.13 Å². The van der Waals surface area contributed by atoms with Gasteiger partial charge in [-0.3, -0.25) is 10.8 Å². The predicted molar refractivity (Wildman–Crippen MR) is 208 cm³/mol. The third-order valence-electron chi connectivity index (χ3n) is 9.78. The third kappa shape index (κ3) is 5.02. The quantitative estimate of drug-likeness (QED) is 0.165. The van der Waals surface area contributed by atoms with Gasteiger partial charge in [0, 0.05) is 68.0 Å². The van der Waals surface area contributed by atoms with Crippen LogP contribution in [-0.4, -0.2) is 20.6 Å². The topological polar surface area (TPSA) is 83.6 Å². The fourth-order valence-corrected chi connectivity index (χ4v) is 7.43. The maximum atomic E-state index is 8.23. The average molecular weight is 636 g/mol. The first kappa shape index (κ1) is 30.2. The molecule has 0 saturated carbocycles. The van der Waals surface area contributed by atoms with Gasteiger partial charge in [0.05, 0.1) is 11.4 Å². The molecule has 9 rings (SSSR count). The summed E-state index contributed by atoms with van der Waals surface area (Å²) in [6.45, 7) is 6.27. The second-order valence-electron chi connectivity index (χ2n) is 12.5. The number of allylic oxidation sites excluding steroid dienone is 1. The van der Waals surface area contributed by atoms with Crippen molar-refractivity contribution < 1.29 is 0 Å². The van der Waals surface area contributed by atoms with Crippen LogP contribution in [0.4, 0.5) is 5.69 Å². The molecule has 0 spiro atoms. The van der Waals surface area contributed by atoms with Gasteiger partial charge in [0.2, 0.25) is 0 Å². The molecular weight excluding hydrogens is 599 g/mol. The van der Waals surface area contributed by atoms with Gasteiger partial charge in [-0.2, -0.15) is 0 Å². The molecule has 1 aliphatic rings. The first-order valence-corrected chi connectivity index (χ1v) is 16.8. The Labute approximate surface area is 285 Å². The Kier molecular flexibility index (Phi) is 7.45. The van der Waals surface area contributed by atoms with Crippen LogP contribution < -0.4 is 5.73 Å². The van der Waals surface area contributed by atoms with Crippen LogP contribution in [0.1, 0.15) is 30.5 Å². The molecule has 5 nitrogen and oxygen atoms in total. The Balaban J connectivity index is 0.000000145. The van der Waals surface area contributed by atoms with Crippen LogP contribution in [0.25, 0.3) is 60.3 Å². The number of aryl methyl sites for hydroxylation is 2. The van der Waals surface area contributed by atoms with Crippen molar-refractivity contribution in [2.75, 3.05) is 5.73 Å². The lowest BCUT2D eigenvalue weighted by atomic mass is 9.84. The summed E-state index contributed by atoms with van der Waals surface area (Å²) >= 11 is 0. The van der Waals surface area contributed by atoms with Crippen LogP contribution in [0.5, 0.6) is 0 Å². The van der Waals surface area contributed by atoms with Gasteiger partial charge in [-0.15, -0.1) is 0 Å². The summed E-state index contributed by atoms with van der Waals surface area (Å²) in [4.78, 5) is 0. The smallest absolute Gasteiger partial charge is 0.0867 e. The molecule has 2 aromatic heterocycles. The molecule has 6 aromatic carbocycles. The Morgan fingerprint density at radius 2 is 0.959 bits per heavy atom. The van der Waals surface area contributed by atoms with Crippen LogP contribution in [0.3, 0.4) is 0 Å². The Morgan fingerprint density at radius 1 is 0.490 bits per heavy atom. The highest BCUT2D eigenvalue weighted by atomic mass is 15.0. The first-order chi connectivity index (χ1) is 24.0. The molecule has 0 aliphatic heterocycles. The third-order valence-corrected chi connectivity index (χ3v) is 9.78. The highest BCUT2D eigenvalue weighted by molar-refractivity contribution is 6.53. The number of nitrogens with zero attached hydrogens (tertiary/aromatic N) is 2. The van der Waals surface area contributed by atoms with Crippen molar-refractivity contribution in [3.63, 3.8) is 0 Å². The highest BCUT2D eigenvalue weighted by Crippen LogP contribution is 2.36. The Bertz CT molecular complexity index is 2610. The Morgan fingerprint density at radius 3 is 1.55 bits per heavy atom. The number of nitrogens with one attached hydrogen (secondary N) is 2. The molecule has 49 heavy (non-hydrogen) atoms. The van der Waals surface area contributed by atoms with Crippen LogP contribution in [0.2, 0.25) is 0 Å². The normalized spacial score (nSPS) is 12.7. The van der Waals surface area contributed by atoms with Crippen molar-refractivity contribution in [3.8, 4) is 11.1 Å². The highest BCUT2D eigenvalue weighted by Gasteiger charge is 2.22. The molecule has 0 atom stereocenters. The summed E-state index contributed by atoms with van der Waals surface area (Å²) in [5, 5.41) is 21.6. The number of fused-ring (bicyclic) bond motifs is 7. The molecule has 0 radical (unpaired) electrons. The number of hydrogen-bond acceptors (Lipinski definition) is 3. The summed E-state index contributed by atoms with van der Waals surface area (Å²) in [5.41, 5.74) is 18.6. The van der Waals surface area contributed by atoms with Crippen molar-refractivity contribution in [2.45, 2.75) is 26.9 Å². The van der Waals surface area contributed by atoms with Crippen LogP contribution in [-0.2, 0) is 13.1 Å². The van der Waals surface area contributed by atoms with Gasteiger partial charge >= 0.3 is 0 Å². The van der Waals surface area contributed by atoms with Crippen LogP contribution in [0, 0.1) is 10.8 Å². The van der Waals surface area contributed by atoms with E-state index in [0.717, 1.165) is 41.0 Å². The van der Waals surface area contributed by atoms with E-state index in [2.05, 4.69) is 120 Å². The molecule has 8 aromatic rings. The van der Waals surface area contributed by atoms with E-state index in [4.69, 9.17) is 16.6 Å². The van der Waals surface area contributed by atoms with Gasteiger partial charge in [0.15, 0.2) is 0 Å². The van der Waals surface area contributed by atoms with E-state index < -0.39 is 0 Å². The summed E-state index contributed by atoms with van der Waals surface area (Å²) in [6.07, 6.45) is 1.82. The van der Waals surface area contributed by atoms with Gasteiger partial charge in [0.1, 0.15) is 0 Å². The summed E-state index contributed by atoms with van der Waals surface area (Å²) in [6, 6.07) is 46.4. The second kappa shape index (κ2) is 12.1.